The fraction of sp³-hybridized carbons (Fsp3) is 0.0435. The van der Waals surface area contributed by atoms with Crippen molar-refractivity contribution in [1.29, 1.82) is 0 Å². The van der Waals surface area contributed by atoms with E-state index >= 15 is 0 Å². The molecule has 6 nitrogen and oxygen atoms in total. The number of carbonyl (C=O) groups excluding carboxylic acids is 1. The average Bonchev–Trinajstić information content (AvgIpc) is 2.73. The first kappa shape index (κ1) is 18.1. The second-order valence-electron chi connectivity index (χ2n) is 6.54. The molecule has 3 N–H and O–H groups in total. The van der Waals surface area contributed by atoms with Crippen LogP contribution in [0, 0.1) is 12.3 Å². The Balaban J connectivity index is 1.71. The van der Waals surface area contributed by atoms with Crippen LogP contribution < -0.4 is 11.1 Å². The first-order valence-corrected chi connectivity index (χ1v) is 8.94. The summed E-state index contributed by atoms with van der Waals surface area (Å²) in [5.41, 5.74) is 10.3. The van der Waals surface area contributed by atoms with E-state index in [2.05, 4.69) is 26.2 Å². The maximum Gasteiger partial charge on any atom is 0.227 e. The molecule has 2 aromatic carbocycles. The SMILES string of the molecule is C#Cc1ccc2nc(Nc3cc(CC(N)=O)cc(-c4cccnc4)c3)ncc2c1. The Bertz CT molecular complexity index is 1250. The molecule has 29 heavy (non-hydrogen) atoms. The van der Waals surface area contributed by atoms with Crippen molar-refractivity contribution in [3.63, 3.8) is 0 Å². The molecule has 1 amide bonds. The lowest BCUT2D eigenvalue weighted by Crippen LogP contribution is -2.13. The van der Waals surface area contributed by atoms with Crippen molar-refractivity contribution in [1.82, 2.24) is 15.0 Å². The van der Waals surface area contributed by atoms with Crippen molar-refractivity contribution < 1.29 is 4.79 Å². The summed E-state index contributed by atoms with van der Waals surface area (Å²) in [4.78, 5) is 24.5. The number of hydrogen-bond donors (Lipinski definition) is 2. The molecule has 0 fully saturated rings. The Labute approximate surface area is 167 Å². The highest BCUT2D eigenvalue weighted by molar-refractivity contribution is 5.81. The Hall–Kier alpha value is -4.24. The second kappa shape index (κ2) is 7.79. The number of benzene rings is 2. The highest BCUT2D eigenvalue weighted by atomic mass is 16.1. The topological polar surface area (TPSA) is 93.8 Å². The van der Waals surface area contributed by atoms with Gasteiger partial charge < -0.3 is 11.1 Å². The number of amides is 1. The van der Waals surface area contributed by atoms with Gasteiger partial charge in [0, 0.05) is 40.8 Å². The molecule has 4 rings (SSSR count). The number of nitrogens with one attached hydrogen (secondary N) is 1. The molecule has 0 bridgehead atoms. The van der Waals surface area contributed by atoms with E-state index in [1.807, 2.05) is 48.5 Å². The number of terminal acetylenes is 1. The zero-order chi connectivity index (χ0) is 20.2. The number of hydrogen-bond acceptors (Lipinski definition) is 5. The van der Waals surface area contributed by atoms with E-state index in [0.717, 1.165) is 38.8 Å². The van der Waals surface area contributed by atoms with Gasteiger partial charge in [-0.1, -0.05) is 18.1 Å². The Kier molecular flexibility index (Phi) is 4.87. The predicted molar refractivity (Wildman–Crippen MR) is 113 cm³/mol. The number of fused-ring (bicyclic) bond motifs is 1. The van der Waals surface area contributed by atoms with Crippen molar-refractivity contribution >= 4 is 28.4 Å². The summed E-state index contributed by atoms with van der Waals surface area (Å²) in [5.74, 6) is 2.65. The number of nitrogens with two attached hydrogens (primary N) is 1. The third-order valence-corrected chi connectivity index (χ3v) is 4.37. The van der Waals surface area contributed by atoms with Gasteiger partial charge in [-0.3, -0.25) is 9.78 Å². The average molecular weight is 379 g/mol. The number of carbonyl (C=O) groups is 1. The Morgan fingerprint density at radius 3 is 2.76 bits per heavy atom. The van der Waals surface area contributed by atoms with Crippen LogP contribution >= 0.6 is 0 Å². The third-order valence-electron chi connectivity index (χ3n) is 4.37. The van der Waals surface area contributed by atoms with Crippen LogP contribution in [0.25, 0.3) is 22.0 Å². The zero-order valence-corrected chi connectivity index (χ0v) is 15.5. The number of anilines is 2. The summed E-state index contributed by atoms with van der Waals surface area (Å²) in [6, 6.07) is 15.1. The second-order valence-corrected chi connectivity index (χ2v) is 6.54. The summed E-state index contributed by atoms with van der Waals surface area (Å²) in [6.07, 6.45) is 10.8. The first-order valence-electron chi connectivity index (χ1n) is 8.94. The number of primary amides is 1. The first-order chi connectivity index (χ1) is 14.1. The van der Waals surface area contributed by atoms with Gasteiger partial charge in [0.2, 0.25) is 11.9 Å². The molecule has 0 aliphatic heterocycles. The molecule has 0 radical (unpaired) electrons. The van der Waals surface area contributed by atoms with E-state index < -0.39 is 5.91 Å². The highest BCUT2D eigenvalue weighted by Gasteiger charge is 2.08. The van der Waals surface area contributed by atoms with Crippen LogP contribution in [0.1, 0.15) is 11.1 Å². The van der Waals surface area contributed by atoms with Gasteiger partial charge in [0.15, 0.2) is 0 Å². The molecule has 0 spiro atoms. The van der Waals surface area contributed by atoms with Gasteiger partial charge in [-0.05, 0) is 47.5 Å². The van der Waals surface area contributed by atoms with Gasteiger partial charge in [0.1, 0.15) is 0 Å². The molecule has 140 valence electrons. The summed E-state index contributed by atoms with van der Waals surface area (Å²) in [6.45, 7) is 0. The fourth-order valence-corrected chi connectivity index (χ4v) is 3.08. The standard InChI is InChI=1S/C23H17N5O/c1-2-15-5-6-21-19(8-15)14-26-23(28-21)27-20-10-16(11-22(24)29)9-18(12-20)17-4-3-7-25-13-17/h1,3-10,12-14H,11H2,(H2,24,29)(H,26,27,28). The number of rotatable bonds is 5. The molecule has 0 atom stereocenters. The minimum atomic E-state index is -0.398. The van der Waals surface area contributed by atoms with Crippen molar-refractivity contribution in [3.8, 4) is 23.5 Å². The van der Waals surface area contributed by atoms with Gasteiger partial charge in [-0.25, -0.2) is 9.97 Å². The summed E-state index contributed by atoms with van der Waals surface area (Å²) >= 11 is 0. The predicted octanol–water partition coefficient (Wildman–Crippen LogP) is 3.44. The summed E-state index contributed by atoms with van der Waals surface area (Å²) < 4.78 is 0. The van der Waals surface area contributed by atoms with Crippen LogP contribution in [0.4, 0.5) is 11.6 Å². The number of pyridine rings is 1. The molecule has 2 heterocycles. The van der Waals surface area contributed by atoms with Gasteiger partial charge in [0.05, 0.1) is 11.9 Å². The number of nitrogens with zero attached hydrogens (tertiary/aromatic N) is 3. The van der Waals surface area contributed by atoms with E-state index in [0.29, 0.717) is 5.95 Å². The van der Waals surface area contributed by atoms with Crippen LogP contribution in [-0.2, 0) is 11.2 Å². The smallest absolute Gasteiger partial charge is 0.227 e. The van der Waals surface area contributed by atoms with E-state index in [1.165, 1.54) is 0 Å². The van der Waals surface area contributed by atoms with Crippen molar-refractivity contribution in [2.24, 2.45) is 5.73 Å². The molecule has 0 aliphatic rings. The van der Waals surface area contributed by atoms with Gasteiger partial charge >= 0.3 is 0 Å². The van der Waals surface area contributed by atoms with E-state index in [9.17, 15) is 4.79 Å². The van der Waals surface area contributed by atoms with Crippen LogP contribution in [0.15, 0.2) is 67.1 Å². The van der Waals surface area contributed by atoms with E-state index in [1.54, 1.807) is 18.6 Å². The van der Waals surface area contributed by atoms with Gasteiger partial charge in [0.25, 0.3) is 0 Å². The van der Waals surface area contributed by atoms with Crippen LogP contribution in [0.5, 0.6) is 0 Å². The van der Waals surface area contributed by atoms with E-state index in [4.69, 9.17) is 12.2 Å². The minimum absolute atomic E-state index is 0.135. The number of aromatic nitrogens is 3. The summed E-state index contributed by atoms with van der Waals surface area (Å²) in [7, 11) is 0. The normalized spacial score (nSPS) is 10.4. The molecule has 0 saturated heterocycles. The third kappa shape index (κ3) is 4.20. The minimum Gasteiger partial charge on any atom is -0.369 e. The van der Waals surface area contributed by atoms with Gasteiger partial charge in [-0.2, -0.15) is 0 Å². The Morgan fingerprint density at radius 2 is 2.00 bits per heavy atom. The molecule has 6 heteroatoms. The lowest BCUT2D eigenvalue weighted by Gasteiger charge is -2.11. The molecule has 0 saturated carbocycles. The monoisotopic (exact) mass is 379 g/mol. The van der Waals surface area contributed by atoms with Crippen LogP contribution in [0.2, 0.25) is 0 Å². The summed E-state index contributed by atoms with van der Waals surface area (Å²) in [5, 5.41) is 4.08. The van der Waals surface area contributed by atoms with Crippen molar-refractivity contribution in [3.05, 3.63) is 78.2 Å². The van der Waals surface area contributed by atoms with Crippen LogP contribution in [0.3, 0.4) is 0 Å². The lowest BCUT2D eigenvalue weighted by molar-refractivity contribution is -0.117. The molecule has 4 aromatic rings. The molecule has 0 aliphatic carbocycles. The quantitative estimate of drug-likeness (QED) is 0.518. The van der Waals surface area contributed by atoms with Gasteiger partial charge in [-0.15, -0.1) is 6.42 Å². The van der Waals surface area contributed by atoms with Crippen molar-refractivity contribution in [2.45, 2.75) is 6.42 Å². The fourth-order valence-electron chi connectivity index (χ4n) is 3.08. The van der Waals surface area contributed by atoms with Crippen LogP contribution in [-0.4, -0.2) is 20.9 Å². The molecular weight excluding hydrogens is 362 g/mol. The largest absolute Gasteiger partial charge is 0.369 e. The Morgan fingerprint density at radius 1 is 1.10 bits per heavy atom. The maximum absolute atomic E-state index is 11.4. The highest BCUT2D eigenvalue weighted by Crippen LogP contribution is 2.26. The zero-order valence-electron chi connectivity index (χ0n) is 15.5. The van der Waals surface area contributed by atoms with E-state index in [-0.39, 0.29) is 6.42 Å². The molecule has 2 aromatic heterocycles. The molecule has 0 unspecified atom stereocenters. The maximum atomic E-state index is 11.4. The molecular formula is C23H17N5O. The van der Waals surface area contributed by atoms with Crippen molar-refractivity contribution in [2.75, 3.05) is 5.32 Å². The lowest BCUT2D eigenvalue weighted by atomic mass is 10.0.